The molecule has 0 radical (unpaired) electrons. The van der Waals surface area contributed by atoms with Crippen LogP contribution in [-0.4, -0.2) is 19.1 Å². The molecule has 12 rings (SSSR count). The second-order valence-electron chi connectivity index (χ2n) is 13.4. The third kappa shape index (κ3) is 3.93. The summed E-state index contributed by atoms with van der Waals surface area (Å²) in [5.41, 5.74) is 8.52. The van der Waals surface area contributed by atoms with Crippen LogP contribution in [0.3, 0.4) is 0 Å². The summed E-state index contributed by atoms with van der Waals surface area (Å²) in [6.07, 6.45) is 0. The van der Waals surface area contributed by atoms with E-state index in [1.54, 1.807) is 0 Å². The minimum atomic E-state index is 0.652. The van der Waals surface area contributed by atoms with Crippen LogP contribution in [0.1, 0.15) is 0 Å². The fourth-order valence-corrected chi connectivity index (χ4v) is 10.5. The normalized spacial score (nSPS) is 12.5. The van der Waals surface area contributed by atoms with Crippen LogP contribution in [0.5, 0.6) is 0 Å². The zero-order chi connectivity index (χ0) is 33.9. The maximum Gasteiger partial charge on any atom is 0.236 e. The van der Waals surface area contributed by atoms with Gasteiger partial charge in [0.1, 0.15) is 5.65 Å². The molecule has 242 valence electrons. The lowest BCUT2D eigenvalue weighted by molar-refractivity contribution is 0.954. The fourth-order valence-electron chi connectivity index (χ4n) is 8.28. The van der Waals surface area contributed by atoms with Crippen molar-refractivity contribution < 1.29 is 0 Å². The number of rotatable bonds is 3. The van der Waals surface area contributed by atoms with Crippen LogP contribution in [0.25, 0.3) is 97.9 Å². The molecule has 0 saturated carbocycles. The van der Waals surface area contributed by atoms with Gasteiger partial charge in [-0.15, -0.1) is 11.3 Å². The molecule has 0 bridgehead atoms. The predicted molar refractivity (Wildman–Crippen MR) is 219 cm³/mol. The summed E-state index contributed by atoms with van der Waals surface area (Å²) >= 11 is 3.68. The highest BCUT2D eigenvalue weighted by Gasteiger charge is 2.28. The van der Waals surface area contributed by atoms with Crippen molar-refractivity contribution in [2.45, 2.75) is 9.79 Å². The van der Waals surface area contributed by atoms with Crippen LogP contribution in [0.4, 0.5) is 0 Å². The van der Waals surface area contributed by atoms with Gasteiger partial charge in [-0.2, -0.15) is 0 Å². The van der Waals surface area contributed by atoms with Crippen molar-refractivity contribution in [2.75, 3.05) is 0 Å². The quantitative estimate of drug-likeness (QED) is 0.184. The minimum absolute atomic E-state index is 0.652. The number of hydrogen-bond acceptors (Lipinski definition) is 4. The van der Waals surface area contributed by atoms with Crippen molar-refractivity contribution in [1.29, 1.82) is 0 Å². The van der Waals surface area contributed by atoms with E-state index < -0.39 is 0 Å². The summed E-state index contributed by atoms with van der Waals surface area (Å²) in [6.45, 7) is 0. The van der Waals surface area contributed by atoms with Crippen LogP contribution in [-0.2, 0) is 0 Å². The minimum Gasteiger partial charge on any atom is -0.293 e. The van der Waals surface area contributed by atoms with Gasteiger partial charge in [0.2, 0.25) is 5.95 Å². The van der Waals surface area contributed by atoms with Gasteiger partial charge in [-0.3, -0.25) is 9.13 Å². The van der Waals surface area contributed by atoms with Crippen LogP contribution < -0.4 is 0 Å². The van der Waals surface area contributed by atoms with Gasteiger partial charge in [0.15, 0.2) is 0 Å². The Labute approximate surface area is 306 Å². The van der Waals surface area contributed by atoms with E-state index in [0.29, 0.717) is 5.95 Å². The number of nitrogens with zero attached hydrogens (tertiary/aromatic N) is 4. The summed E-state index contributed by atoms with van der Waals surface area (Å²) < 4.78 is 7.30. The molecule has 0 N–H and O–H groups in total. The molecule has 52 heavy (non-hydrogen) atoms. The first-order valence-electron chi connectivity index (χ1n) is 17.4. The van der Waals surface area contributed by atoms with Gasteiger partial charge in [0.05, 0.1) is 28.1 Å². The first kappa shape index (κ1) is 28.5. The first-order valence-corrected chi connectivity index (χ1v) is 19.0. The maximum absolute atomic E-state index is 5.50. The molecule has 11 aromatic rings. The van der Waals surface area contributed by atoms with E-state index >= 15 is 0 Å². The summed E-state index contributed by atoms with van der Waals surface area (Å²) in [5.74, 6) is 0.652. The van der Waals surface area contributed by atoms with E-state index in [1.165, 1.54) is 68.1 Å². The van der Waals surface area contributed by atoms with Crippen molar-refractivity contribution in [1.82, 2.24) is 19.1 Å². The zero-order valence-electron chi connectivity index (χ0n) is 27.6. The predicted octanol–water partition coefficient (Wildman–Crippen LogP) is 12.8. The van der Waals surface area contributed by atoms with Crippen LogP contribution >= 0.6 is 23.1 Å². The number of benzene rings is 7. The average molecular weight is 699 g/mol. The Morgan fingerprint density at radius 3 is 2.15 bits per heavy atom. The fraction of sp³-hybridized carbons (Fsp3) is 0. The van der Waals surface area contributed by atoms with Crippen molar-refractivity contribution in [3.8, 4) is 34.2 Å². The monoisotopic (exact) mass is 698 g/mol. The molecule has 1 aliphatic heterocycles. The highest BCUT2D eigenvalue weighted by Crippen LogP contribution is 2.49. The number of para-hydroxylation sites is 3. The van der Waals surface area contributed by atoms with Gasteiger partial charge in [-0.05, 0) is 53.2 Å². The maximum atomic E-state index is 5.50. The van der Waals surface area contributed by atoms with Gasteiger partial charge < -0.3 is 0 Å². The van der Waals surface area contributed by atoms with Gasteiger partial charge in [0.25, 0.3) is 0 Å². The molecule has 4 aromatic heterocycles. The number of aromatic nitrogens is 4. The molecule has 0 unspecified atom stereocenters. The molecule has 4 nitrogen and oxygen atoms in total. The van der Waals surface area contributed by atoms with Gasteiger partial charge in [-0.25, -0.2) is 9.97 Å². The SMILES string of the molecule is c1ccc2c(c1)Sc1cccc3c4c5ccccc5n(-c5nc(-c6ccc7c(c6)sc6ccccc67)cc(-c6cccc7ccccc67)n5)c4n-2c13. The van der Waals surface area contributed by atoms with Crippen LogP contribution in [0.2, 0.25) is 0 Å². The van der Waals surface area contributed by atoms with Crippen molar-refractivity contribution in [2.24, 2.45) is 0 Å². The lowest BCUT2D eigenvalue weighted by Gasteiger charge is -2.20. The summed E-state index contributed by atoms with van der Waals surface area (Å²) in [4.78, 5) is 13.5. The summed E-state index contributed by atoms with van der Waals surface area (Å²) in [6, 6.07) is 56.8. The highest BCUT2D eigenvalue weighted by molar-refractivity contribution is 7.99. The second-order valence-corrected chi connectivity index (χ2v) is 15.6. The van der Waals surface area contributed by atoms with Crippen LogP contribution in [0.15, 0.2) is 168 Å². The number of thiophene rings is 1. The topological polar surface area (TPSA) is 35.6 Å². The molecule has 6 heteroatoms. The van der Waals surface area contributed by atoms with Gasteiger partial charge in [0, 0.05) is 57.2 Å². The average Bonchev–Trinajstić information content (AvgIpc) is 3.86. The Kier molecular flexibility index (Phi) is 5.84. The summed E-state index contributed by atoms with van der Waals surface area (Å²) in [5, 5.41) is 8.57. The lowest BCUT2D eigenvalue weighted by atomic mass is 10.0. The lowest BCUT2D eigenvalue weighted by Crippen LogP contribution is -2.09. The smallest absolute Gasteiger partial charge is 0.236 e. The number of hydrogen-bond donors (Lipinski definition) is 0. The van der Waals surface area contributed by atoms with E-state index in [9.17, 15) is 0 Å². The Balaban J connectivity index is 1.21. The molecular weight excluding hydrogens is 673 g/mol. The first-order chi connectivity index (χ1) is 25.8. The van der Waals surface area contributed by atoms with E-state index in [1.807, 2.05) is 23.1 Å². The van der Waals surface area contributed by atoms with E-state index in [4.69, 9.17) is 9.97 Å². The molecule has 0 atom stereocenters. The molecule has 0 amide bonds. The highest BCUT2D eigenvalue weighted by atomic mass is 32.2. The second kappa shape index (κ2) is 10.7. The van der Waals surface area contributed by atoms with E-state index in [-0.39, 0.29) is 0 Å². The molecule has 0 spiro atoms. The Bertz CT molecular complexity index is 3290. The van der Waals surface area contributed by atoms with Gasteiger partial charge >= 0.3 is 0 Å². The molecule has 0 aliphatic carbocycles. The number of fused-ring (bicyclic) bond motifs is 11. The molecular formula is C46H26N4S2. The Morgan fingerprint density at radius 1 is 0.481 bits per heavy atom. The molecule has 0 fully saturated rings. The molecule has 7 aromatic carbocycles. The third-order valence-electron chi connectivity index (χ3n) is 10.5. The van der Waals surface area contributed by atoms with E-state index in [0.717, 1.165) is 33.7 Å². The largest absolute Gasteiger partial charge is 0.293 e. The Morgan fingerprint density at radius 2 is 1.19 bits per heavy atom. The third-order valence-corrected chi connectivity index (χ3v) is 12.8. The summed E-state index contributed by atoms with van der Waals surface area (Å²) in [7, 11) is 0. The Hall–Kier alpha value is -6.21. The van der Waals surface area contributed by atoms with Crippen molar-refractivity contribution in [3.63, 3.8) is 0 Å². The van der Waals surface area contributed by atoms with Crippen molar-refractivity contribution in [3.05, 3.63) is 158 Å². The van der Waals surface area contributed by atoms with E-state index in [2.05, 4.69) is 167 Å². The molecule has 5 heterocycles. The van der Waals surface area contributed by atoms with Crippen LogP contribution in [0, 0.1) is 0 Å². The molecule has 1 aliphatic rings. The zero-order valence-corrected chi connectivity index (χ0v) is 29.2. The standard InChI is InChI=1S/C46H26N4S2/c1-2-13-29-27(11-1)12-9-16-30(29)36-26-35(28-23-24-32-31-14-4-7-20-39(31)51-42(32)25-28)47-46(48-36)50-37-18-5-3-15-33(37)43-34-17-10-22-41-44(34)49(45(43)50)38-19-6-8-21-40(38)52-41/h1-26H. The molecule has 0 saturated heterocycles. The van der Waals surface area contributed by atoms with Crippen molar-refractivity contribution >= 4 is 86.9 Å². The van der Waals surface area contributed by atoms with Gasteiger partial charge in [-0.1, -0.05) is 127 Å².